The number of carbonyl (C=O) groups is 2. The zero-order valence-electron chi connectivity index (χ0n) is 12.2. The summed E-state index contributed by atoms with van der Waals surface area (Å²) in [4.78, 5) is 23.3. The van der Waals surface area contributed by atoms with Crippen LogP contribution in [0.25, 0.3) is 6.08 Å². The molecule has 1 aliphatic carbocycles. The first-order chi connectivity index (χ1) is 10.9. The van der Waals surface area contributed by atoms with Crippen molar-refractivity contribution in [3.63, 3.8) is 0 Å². The van der Waals surface area contributed by atoms with Gasteiger partial charge in [-0.15, -0.1) is 0 Å². The summed E-state index contributed by atoms with van der Waals surface area (Å²) in [7, 11) is 0. The summed E-state index contributed by atoms with van der Waals surface area (Å²) in [6.45, 7) is 1.70. The van der Waals surface area contributed by atoms with Crippen molar-refractivity contribution in [1.82, 2.24) is 0 Å². The molecule has 4 nitrogen and oxygen atoms in total. The van der Waals surface area contributed by atoms with Crippen molar-refractivity contribution in [1.29, 1.82) is 0 Å². The number of carbonyl (C=O) groups excluding carboxylic acids is 1. The van der Waals surface area contributed by atoms with Gasteiger partial charge in [0.2, 0.25) is 0 Å². The molecule has 0 spiro atoms. The zero-order chi connectivity index (χ0) is 16.7. The van der Waals surface area contributed by atoms with Crippen LogP contribution in [0.5, 0.6) is 5.75 Å². The summed E-state index contributed by atoms with van der Waals surface area (Å²) in [5.74, 6) is -2.68. The van der Waals surface area contributed by atoms with Gasteiger partial charge in [-0.25, -0.2) is 9.18 Å². The molecule has 1 aliphatic rings. The minimum atomic E-state index is -1.03. The van der Waals surface area contributed by atoms with Gasteiger partial charge in [0, 0.05) is 17.1 Å². The molecule has 0 aromatic heterocycles. The number of hydrogen-bond donors (Lipinski definition) is 2. The second kappa shape index (κ2) is 5.35. The third-order valence-corrected chi connectivity index (χ3v) is 4.04. The molecule has 0 saturated heterocycles. The van der Waals surface area contributed by atoms with E-state index in [1.807, 2.05) is 0 Å². The fourth-order valence-electron chi connectivity index (χ4n) is 2.83. The molecule has 0 saturated carbocycles. The minimum Gasteiger partial charge on any atom is -0.507 e. The normalized spacial score (nSPS) is 18.3. The standard InChI is InChI=1S/C18H13FO4/c1-9-12(8-10-2-4-11(5-3-10)18(22)23)17(21)16-14(20)7-6-13(19)15(9)16/h2-9,20H,1H3,(H,22,23)/b12-8+/t9-/m0/s1. The highest BCUT2D eigenvalue weighted by Crippen LogP contribution is 2.43. The van der Waals surface area contributed by atoms with Crippen LogP contribution in [0.4, 0.5) is 4.39 Å². The maximum absolute atomic E-state index is 14.0. The Labute approximate surface area is 131 Å². The molecule has 3 rings (SSSR count). The van der Waals surface area contributed by atoms with Crippen molar-refractivity contribution in [3.05, 3.63) is 70.0 Å². The molecular weight excluding hydrogens is 299 g/mol. The van der Waals surface area contributed by atoms with Crippen LogP contribution in [-0.4, -0.2) is 22.0 Å². The number of ketones is 1. The van der Waals surface area contributed by atoms with E-state index in [4.69, 9.17) is 5.11 Å². The summed E-state index contributed by atoms with van der Waals surface area (Å²) in [5, 5.41) is 18.7. The lowest BCUT2D eigenvalue weighted by atomic mass is 9.97. The van der Waals surface area contributed by atoms with Crippen LogP contribution in [0.3, 0.4) is 0 Å². The fourth-order valence-corrected chi connectivity index (χ4v) is 2.83. The average molecular weight is 312 g/mol. The maximum Gasteiger partial charge on any atom is 0.335 e. The third-order valence-electron chi connectivity index (χ3n) is 4.04. The first-order valence-corrected chi connectivity index (χ1v) is 7.01. The zero-order valence-corrected chi connectivity index (χ0v) is 12.2. The van der Waals surface area contributed by atoms with Crippen LogP contribution >= 0.6 is 0 Å². The Kier molecular flexibility index (Phi) is 3.48. The lowest BCUT2D eigenvalue weighted by Crippen LogP contribution is -1.98. The van der Waals surface area contributed by atoms with Crippen molar-refractivity contribution in [3.8, 4) is 5.75 Å². The van der Waals surface area contributed by atoms with Gasteiger partial charge in [-0.1, -0.05) is 19.1 Å². The van der Waals surface area contributed by atoms with Gasteiger partial charge >= 0.3 is 5.97 Å². The molecule has 1 atom stereocenters. The number of carboxylic acid groups (broad SMARTS) is 1. The molecule has 0 unspecified atom stereocenters. The first kappa shape index (κ1) is 15.0. The third kappa shape index (κ3) is 2.40. The Morgan fingerprint density at radius 1 is 1.17 bits per heavy atom. The van der Waals surface area contributed by atoms with Gasteiger partial charge in [0.1, 0.15) is 11.6 Å². The van der Waals surface area contributed by atoms with Gasteiger partial charge in [-0.05, 0) is 35.9 Å². The molecule has 23 heavy (non-hydrogen) atoms. The average Bonchev–Trinajstić information content (AvgIpc) is 2.77. The second-order valence-corrected chi connectivity index (χ2v) is 5.43. The van der Waals surface area contributed by atoms with E-state index < -0.39 is 23.5 Å². The van der Waals surface area contributed by atoms with Crippen molar-refractivity contribution < 1.29 is 24.2 Å². The van der Waals surface area contributed by atoms with Gasteiger partial charge in [0.05, 0.1) is 11.1 Å². The number of rotatable bonds is 2. The highest BCUT2D eigenvalue weighted by molar-refractivity contribution is 6.18. The number of aromatic carboxylic acids is 1. The summed E-state index contributed by atoms with van der Waals surface area (Å²) < 4.78 is 14.0. The van der Waals surface area contributed by atoms with Crippen molar-refractivity contribution in [2.75, 3.05) is 0 Å². The molecule has 0 bridgehead atoms. The summed E-state index contributed by atoms with van der Waals surface area (Å²) in [5.41, 5.74) is 1.35. The number of hydrogen-bond acceptors (Lipinski definition) is 3. The van der Waals surface area contributed by atoms with E-state index in [-0.39, 0.29) is 22.4 Å². The quantitative estimate of drug-likeness (QED) is 0.831. The van der Waals surface area contributed by atoms with Crippen LogP contribution in [0.15, 0.2) is 42.0 Å². The largest absolute Gasteiger partial charge is 0.507 e. The van der Waals surface area contributed by atoms with Crippen molar-refractivity contribution in [2.24, 2.45) is 0 Å². The smallest absolute Gasteiger partial charge is 0.335 e. The lowest BCUT2D eigenvalue weighted by Gasteiger charge is -2.07. The minimum absolute atomic E-state index is 0.00547. The van der Waals surface area contributed by atoms with Gasteiger partial charge < -0.3 is 10.2 Å². The Morgan fingerprint density at radius 2 is 1.83 bits per heavy atom. The molecule has 2 N–H and O–H groups in total. The second-order valence-electron chi connectivity index (χ2n) is 5.43. The number of allylic oxidation sites excluding steroid dienone is 1. The Hall–Kier alpha value is -2.95. The predicted octanol–water partition coefficient (Wildman–Crippen LogP) is 3.61. The van der Waals surface area contributed by atoms with Crippen LogP contribution in [0.1, 0.15) is 44.7 Å². The van der Waals surface area contributed by atoms with Gasteiger partial charge in [-0.3, -0.25) is 4.79 Å². The number of carboxylic acids is 1. The monoisotopic (exact) mass is 312 g/mol. The number of phenols is 1. The van der Waals surface area contributed by atoms with Gasteiger partial charge in [-0.2, -0.15) is 0 Å². The van der Waals surface area contributed by atoms with Crippen LogP contribution in [0.2, 0.25) is 0 Å². The molecule has 5 heteroatoms. The number of aromatic hydroxyl groups is 1. The maximum atomic E-state index is 14.0. The van der Waals surface area contributed by atoms with Crippen molar-refractivity contribution in [2.45, 2.75) is 12.8 Å². The van der Waals surface area contributed by atoms with E-state index >= 15 is 0 Å². The van der Waals surface area contributed by atoms with E-state index in [0.717, 1.165) is 6.07 Å². The van der Waals surface area contributed by atoms with E-state index in [1.165, 1.54) is 18.2 Å². The number of benzene rings is 2. The molecular formula is C18H13FO4. The van der Waals surface area contributed by atoms with Crippen molar-refractivity contribution >= 4 is 17.8 Å². The molecule has 0 fully saturated rings. The highest BCUT2D eigenvalue weighted by Gasteiger charge is 2.36. The number of Topliss-reactive ketones (excluding diaryl/α,β-unsaturated/α-hetero) is 1. The number of halogens is 1. The van der Waals surface area contributed by atoms with Crippen LogP contribution in [0, 0.1) is 5.82 Å². The highest BCUT2D eigenvalue weighted by atomic mass is 19.1. The fraction of sp³-hybridized carbons (Fsp3) is 0.111. The topological polar surface area (TPSA) is 74.6 Å². The van der Waals surface area contributed by atoms with E-state index in [9.17, 15) is 19.1 Å². The van der Waals surface area contributed by atoms with E-state index in [0.29, 0.717) is 11.1 Å². The number of fused-ring (bicyclic) bond motifs is 1. The van der Waals surface area contributed by atoms with E-state index in [2.05, 4.69) is 0 Å². The summed E-state index contributed by atoms with van der Waals surface area (Å²) in [6.07, 6.45) is 1.59. The molecule has 2 aromatic carbocycles. The number of phenolic OH excluding ortho intramolecular Hbond substituents is 1. The summed E-state index contributed by atoms with van der Waals surface area (Å²) in [6, 6.07) is 8.34. The van der Waals surface area contributed by atoms with Crippen LogP contribution in [-0.2, 0) is 0 Å². The van der Waals surface area contributed by atoms with Gasteiger partial charge in [0.15, 0.2) is 5.78 Å². The Bertz CT molecular complexity index is 850. The van der Waals surface area contributed by atoms with Crippen LogP contribution < -0.4 is 0 Å². The molecule has 116 valence electrons. The summed E-state index contributed by atoms with van der Waals surface area (Å²) >= 11 is 0. The Morgan fingerprint density at radius 3 is 2.39 bits per heavy atom. The SMILES string of the molecule is C[C@H]1/C(=C\c2ccc(C(=O)O)cc2)C(=O)c2c(O)ccc(F)c21. The van der Waals surface area contributed by atoms with E-state index in [1.54, 1.807) is 25.1 Å². The molecule has 0 amide bonds. The van der Waals surface area contributed by atoms with Gasteiger partial charge in [0.25, 0.3) is 0 Å². The molecule has 0 heterocycles. The molecule has 0 aliphatic heterocycles. The molecule has 2 aromatic rings. The molecule has 0 radical (unpaired) electrons. The lowest BCUT2D eigenvalue weighted by molar-refractivity contribution is 0.0696. The first-order valence-electron chi connectivity index (χ1n) is 7.01. The Balaban J connectivity index is 2.05. The predicted molar refractivity (Wildman–Crippen MR) is 82.2 cm³/mol.